The molecule has 0 saturated carbocycles. The van der Waals surface area contributed by atoms with Gasteiger partial charge in [0.05, 0.1) is 0 Å². The van der Waals surface area contributed by atoms with Crippen LogP contribution in [0, 0.1) is 0 Å². The maximum Gasteiger partial charge on any atom is 0.191 e. The summed E-state index contributed by atoms with van der Waals surface area (Å²) >= 11 is 0.750. The fraction of sp³-hybridized carbons (Fsp3) is 1.00. The molecular formula is C10H24AlO. The minimum Gasteiger partial charge on any atom is -0.396 e. The molecule has 0 aromatic carbocycles. The van der Waals surface area contributed by atoms with Gasteiger partial charge in [-0.25, -0.2) is 0 Å². The number of aliphatic hydroxyl groups excluding tert-OH is 1. The molecule has 0 heterocycles. The molecular weight excluding hydrogens is 163 g/mol. The average Bonchev–Trinajstić information content (AvgIpc) is 2.06. The van der Waals surface area contributed by atoms with Crippen molar-refractivity contribution in [3.8, 4) is 0 Å². The molecule has 73 valence electrons. The molecule has 0 aliphatic heterocycles. The fourth-order valence-corrected chi connectivity index (χ4v) is 0.892. The summed E-state index contributed by atoms with van der Waals surface area (Å²) in [6.45, 7) is 2.58. The molecule has 0 amide bonds. The highest BCUT2D eigenvalue weighted by Gasteiger charge is 1.86. The predicted octanol–water partition coefficient (Wildman–Crippen LogP) is 3.13. The Hall–Kier alpha value is 0.492. The summed E-state index contributed by atoms with van der Waals surface area (Å²) in [5, 5.41) is 8.42. The summed E-state index contributed by atoms with van der Waals surface area (Å²) in [6.07, 6.45) is 7.50. The number of hydrogen-bond acceptors (Lipinski definition) is 1. The zero-order valence-electron chi connectivity index (χ0n) is 8.97. The maximum atomic E-state index is 8.42. The Morgan fingerprint density at radius 2 is 1.33 bits per heavy atom. The number of unbranched alkanes of at least 4 members (excludes halogenated alkanes) is 5. The zero-order valence-corrected chi connectivity index (χ0v) is 10.1. The normalized spacial score (nSPS) is 8.67. The Morgan fingerprint density at radius 3 is 1.75 bits per heavy atom. The molecule has 0 spiro atoms. The maximum absolute atomic E-state index is 8.42. The highest BCUT2D eigenvalue weighted by molar-refractivity contribution is 6.31. The van der Waals surface area contributed by atoms with Gasteiger partial charge in [0, 0.05) is 6.61 Å². The molecule has 0 aromatic rings. The quantitative estimate of drug-likeness (QED) is 0.500. The van der Waals surface area contributed by atoms with E-state index < -0.39 is 0 Å². The second kappa shape index (κ2) is 17.5. The van der Waals surface area contributed by atoms with Crippen LogP contribution in [0.4, 0.5) is 0 Å². The molecule has 0 aliphatic rings. The summed E-state index contributed by atoms with van der Waals surface area (Å²) in [7, 11) is 0. The largest absolute Gasteiger partial charge is 0.396 e. The first-order chi connectivity index (χ1) is 5.83. The molecule has 0 fully saturated rings. The van der Waals surface area contributed by atoms with Gasteiger partial charge in [-0.15, -0.1) is 11.6 Å². The third kappa shape index (κ3) is 22.4. The van der Waals surface area contributed by atoms with Crippen molar-refractivity contribution in [2.45, 2.75) is 57.0 Å². The van der Waals surface area contributed by atoms with Gasteiger partial charge in [0.2, 0.25) is 0 Å². The van der Waals surface area contributed by atoms with Gasteiger partial charge in [0.25, 0.3) is 0 Å². The van der Waals surface area contributed by atoms with Crippen LogP contribution in [-0.4, -0.2) is 26.9 Å². The van der Waals surface area contributed by atoms with Crippen molar-refractivity contribution < 1.29 is 5.11 Å². The van der Waals surface area contributed by atoms with Crippen LogP contribution >= 0.6 is 0 Å². The number of aliphatic hydroxyl groups is 1. The lowest BCUT2D eigenvalue weighted by Crippen LogP contribution is -1.82. The van der Waals surface area contributed by atoms with Crippen LogP contribution in [0.2, 0.25) is 11.6 Å². The number of rotatable bonds is 6. The van der Waals surface area contributed by atoms with Gasteiger partial charge in [-0.3, -0.25) is 0 Å². The van der Waals surface area contributed by atoms with Crippen LogP contribution in [0.3, 0.4) is 0 Å². The highest BCUT2D eigenvalue weighted by Crippen LogP contribution is 2.03. The summed E-state index contributed by atoms with van der Waals surface area (Å²) in [5.74, 6) is 4.42. The van der Waals surface area contributed by atoms with Crippen LogP contribution in [0.5, 0.6) is 0 Å². The van der Waals surface area contributed by atoms with E-state index in [0.717, 1.165) is 21.6 Å². The standard InChI is InChI=1S/C8H18O.2CH3.Al/c1-2-3-4-5-6-7-8-9;;;/h9H,2-8H2,1H3;2*1H3;. The lowest BCUT2D eigenvalue weighted by Gasteiger charge is -1.95. The van der Waals surface area contributed by atoms with Crippen molar-refractivity contribution in [3.63, 3.8) is 0 Å². The second-order valence-electron chi connectivity index (χ2n) is 3.07. The molecule has 0 rings (SSSR count). The third-order valence-corrected chi connectivity index (χ3v) is 1.51. The second-order valence-corrected chi connectivity index (χ2v) is 4.22. The van der Waals surface area contributed by atoms with Gasteiger partial charge >= 0.3 is 0 Å². The van der Waals surface area contributed by atoms with Crippen molar-refractivity contribution >= 4 is 15.2 Å². The monoisotopic (exact) mass is 187 g/mol. The van der Waals surface area contributed by atoms with Crippen LogP contribution < -0.4 is 0 Å². The van der Waals surface area contributed by atoms with Gasteiger partial charge in [-0.05, 0) is 6.42 Å². The van der Waals surface area contributed by atoms with Gasteiger partial charge in [-0.2, -0.15) is 0 Å². The molecule has 2 heteroatoms. The van der Waals surface area contributed by atoms with E-state index in [1.807, 2.05) is 0 Å². The lowest BCUT2D eigenvalue weighted by atomic mass is 10.1. The smallest absolute Gasteiger partial charge is 0.191 e. The lowest BCUT2D eigenvalue weighted by molar-refractivity contribution is 0.282. The van der Waals surface area contributed by atoms with Crippen molar-refractivity contribution in [1.29, 1.82) is 0 Å². The van der Waals surface area contributed by atoms with E-state index in [9.17, 15) is 0 Å². The molecule has 0 aromatic heterocycles. The zero-order chi connectivity index (χ0) is 9.66. The van der Waals surface area contributed by atoms with E-state index in [0.29, 0.717) is 6.61 Å². The van der Waals surface area contributed by atoms with E-state index >= 15 is 0 Å². The molecule has 0 unspecified atom stereocenters. The summed E-state index contributed by atoms with van der Waals surface area (Å²) < 4.78 is 0. The Morgan fingerprint density at radius 1 is 0.917 bits per heavy atom. The molecule has 0 saturated heterocycles. The minimum atomic E-state index is 0.367. The minimum absolute atomic E-state index is 0.367. The number of hydrogen-bond donors (Lipinski definition) is 1. The Kier molecular flexibility index (Phi) is 21.9. The molecule has 12 heavy (non-hydrogen) atoms. The molecule has 1 nitrogen and oxygen atoms in total. The molecule has 1 N–H and O–H groups in total. The molecule has 0 atom stereocenters. The van der Waals surface area contributed by atoms with Crippen LogP contribution in [0.15, 0.2) is 0 Å². The first-order valence-electron chi connectivity index (χ1n) is 5.18. The third-order valence-electron chi connectivity index (χ3n) is 1.51. The van der Waals surface area contributed by atoms with Gasteiger partial charge < -0.3 is 5.11 Å². The van der Waals surface area contributed by atoms with Crippen molar-refractivity contribution in [3.05, 3.63) is 0 Å². The Bertz CT molecular complexity index is 51.8. The first-order valence-corrected chi connectivity index (χ1v) is 7.49. The first kappa shape index (κ1) is 15.0. The topological polar surface area (TPSA) is 20.2 Å². The highest BCUT2D eigenvalue weighted by atomic mass is 27.1. The predicted molar refractivity (Wildman–Crippen MR) is 57.9 cm³/mol. The van der Waals surface area contributed by atoms with Crippen molar-refractivity contribution in [2.24, 2.45) is 0 Å². The SMILES string of the molecule is CCCCCCCCO.[CH3][Al][CH3]. The molecule has 0 bridgehead atoms. The van der Waals surface area contributed by atoms with E-state index in [2.05, 4.69) is 18.5 Å². The van der Waals surface area contributed by atoms with Gasteiger partial charge in [0.1, 0.15) is 0 Å². The van der Waals surface area contributed by atoms with Crippen LogP contribution in [0.25, 0.3) is 0 Å². The van der Waals surface area contributed by atoms with Crippen molar-refractivity contribution in [2.75, 3.05) is 6.61 Å². The van der Waals surface area contributed by atoms with E-state index in [1.165, 1.54) is 32.1 Å². The summed E-state index contributed by atoms with van der Waals surface area (Å²) in [4.78, 5) is 0. The van der Waals surface area contributed by atoms with Crippen LogP contribution in [-0.2, 0) is 0 Å². The molecule has 1 radical (unpaired) electrons. The van der Waals surface area contributed by atoms with Crippen molar-refractivity contribution in [1.82, 2.24) is 0 Å². The van der Waals surface area contributed by atoms with E-state index in [-0.39, 0.29) is 0 Å². The van der Waals surface area contributed by atoms with Gasteiger partial charge in [0.15, 0.2) is 15.2 Å². The average molecular weight is 187 g/mol. The van der Waals surface area contributed by atoms with E-state index in [1.54, 1.807) is 0 Å². The summed E-state index contributed by atoms with van der Waals surface area (Å²) in [6, 6.07) is 0. The van der Waals surface area contributed by atoms with E-state index in [4.69, 9.17) is 5.11 Å². The Labute approximate surface area is 84.3 Å². The Balaban J connectivity index is 0. The molecule has 0 aliphatic carbocycles. The van der Waals surface area contributed by atoms with Crippen LogP contribution in [0.1, 0.15) is 45.4 Å². The van der Waals surface area contributed by atoms with Gasteiger partial charge in [-0.1, -0.05) is 39.0 Å². The summed E-state index contributed by atoms with van der Waals surface area (Å²) in [5.41, 5.74) is 0. The fourth-order valence-electron chi connectivity index (χ4n) is 0.892.